The molecule has 1 aromatic rings. The van der Waals surface area contributed by atoms with Gasteiger partial charge in [0.25, 0.3) is 30.1 Å². The number of carbonyl (C=O) groups excluding carboxylic acids is 4. The highest BCUT2D eigenvalue weighted by Gasteiger charge is 2.67. The minimum Gasteiger partial charge on any atom is -0.457 e. The molecule has 2 aliphatic heterocycles. The molecule has 0 amide bonds. The van der Waals surface area contributed by atoms with Crippen molar-refractivity contribution in [1.29, 1.82) is 0 Å². The van der Waals surface area contributed by atoms with Gasteiger partial charge in [-0.2, -0.15) is 16.8 Å². The SMILES string of the molecule is CC1=C(CC2(C(=O)C(=O)OCC3COC(C)(C)O3)S(=O)(=O)OCCOS2(=O)=O)C(=O)c2ccccc2C1=O. The summed E-state index contributed by atoms with van der Waals surface area (Å²) < 4.78 is 74.4. The predicted molar refractivity (Wildman–Crippen MR) is 126 cm³/mol. The topological polar surface area (TPSA) is 183 Å². The molecule has 0 N–H and O–H groups in total. The Morgan fingerprint density at radius 1 is 0.974 bits per heavy atom. The van der Waals surface area contributed by atoms with Crippen LogP contribution in [0.15, 0.2) is 35.4 Å². The molecular formula is C23H24O13S2. The maximum atomic E-state index is 13.5. The molecule has 13 nitrogen and oxygen atoms in total. The molecule has 3 aliphatic rings. The van der Waals surface area contributed by atoms with Crippen LogP contribution < -0.4 is 0 Å². The molecule has 2 heterocycles. The van der Waals surface area contributed by atoms with Crippen LogP contribution in [0, 0.1) is 0 Å². The van der Waals surface area contributed by atoms with Gasteiger partial charge in [-0.1, -0.05) is 24.3 Å². The number of ether oxygens (including phenoxy) is 3. The maximum Gasteiger partial charge on any atom is 0.377 e. The molecule has 2 fully saturated rings. The van der Waals surface area contributed by atoms with Crippen molar-refractivity contribution < 1.29 is 58.6 Å². The monoisotopic (exact) mass is 572 g/mol. The largest absolute Gasteiger partial charge is 0.457 e. The molecule has 38 heavy (non-hydrogen) atoms. The number of esters is 1. The second-order valence-corrected chi connectivity index (χ2v) is 13.1. The van der Waals surface area contributed by atoms with Crippen molar-refractivity contribution in [2.24, 2.45) is 0 Å². The Kier molecular flexibility index (Phi) is 7.22. The highest BCUT2D eigenvalue weighted by Crippen LogP contribution is 2.41. The Morgan fingerprint density at radius 3 is 2.05 bits per heavy atom. The van der Waals surface area contributed by atoms with Gasteiger partial charge < -0.3 is 14.2 Å². The molecule has 1 aromatic carbocycles. The number of allylic oxidation sites excluding steroid dienone is 2. The highest BCUT2D eigenvalue weighted by atomic mass is 32.3. The van der Waals surface area contributed by atoms with Crippen LogP contribution in [0.5, 0.6) is 0 Å². The van der Waals surface area contributed by atoms with Crippen LogP contribution in [-0.2, 0) is 52.4 Å². The first-order chi connectivity index (χ1) is 17.6. The smallest absolute Gasteiger partial charge is 0.377 e. The Balaban J connectivity index is 1.78. The van der Waals surface area contributed by atoms with Gasteiger partial charge in [-0.15, -0.1) is 0 Å². The summed E-state index contributed by atoms with van der Waals surface area (Å²) in [5, 5.41) is 0. The zero-order chi connectivity index (χ0) is 28.1. The summed E-state index contributed by atoms with van der Waals surface area (Å²) in [4.78, 5) is 52.6. The van der Waals surface area contributed by atoms with E-state index in [9.17, 15) is 36.0 Å². The van der Waals surface area contributed by atoms with Crippen molar-refractivity contribution in [3.63, 3.8) is 0 Å². The molecular weight excluding hydrogens is 548 g/mol. The fourth-order valence-electron chi connectivity index (χ4n) is 4.32. The van der Waals surface area contributed by atoms with E-state index >= 15 is 0 Å². The molecule has 1 aliphatic carbocycles. The Hall–Kier alpha value is -2.82. The minimum atomic E-state index is -5.49. The molecule has 0 spiro atoms. The fourth-order valence-corrected chi connectivity index (χ4v) is 7.83. The van der Waals surface area contributed by atoms with E-state index in [2.05, 4.69) is 0 Å². The van der Waals surface area contributed by atoms with Gasteiger partial charge in [0.1, 0.15) is 12.7 Å². The number of Topliss-reactive ketones (excluding diaryl/α,β-unsaturated/α-hetero) is 3. The van der Waals surface area contributed by atoms with E-state index in [1.54, 1.807) is 13.8 Å². The quantitative estimate of drug-likeness (QED) is 0.260. The van der Waals surface area contributed by atoms with Crippen LogP contribution in [0.3, 0.4) is 0 Å². The third-order valence-corrected chi connectivity index (χ3v) is 10.7. The standard InChI is InChI=1S/C23H24O13S2/c1-13-17(19(25)16-7-5-4-6-15(16)18(13)24)10-23(37(28,29)34-8-9-35-38(23,30)31)20(26)21(27)32-11-14-12-33-22(2,3)36-14/h4-7,14H,8-12H2,1-3H3. The lowest BCUT2D eigenvalue weighted by Gasteiger charge is -2.29. The third-order valence-electron chi connectivity index (χ3n) is 6.26. The summed E-state index contributed by atoms with van der Waals surface area (Å²) in [6.07, 6.45) is -2.25. The van der Waals surface area contributed by atoms with Gasteiger partial charge in [0.15, 0.2) is 17.4 Å². The normalized spacial score (nSPS) is 25.4. The van der Waals surface area contributed by atoms with E-state index in [4.69, 9.17) is 22.6 Å². The fraction of sp³-hybridized carbons (Fsp3) is 0.478. The van der Waals surface area contributed by atoms with Crippen molar-refractivity contribution in [1.82, 2.24) is 0 Å². The average molecular weight is 573 g/mol. The van der Waals surface area contributed by atoms with Crippen LogP contribution in [0.2, 0.25) is 0 Å². The summed E-state index contributed by atoms with van der Waals surface area (Å²) in [7, 11) is -11.0. The van der Waals surface area contributed by atoms with E-state index in [1.807, 2.05) is 0 Å². The average Bonchev–Trinajstić information content (AvgIpc) is 3.17. The number of rotatable bonds is 6. The Morgan fingerprint density at radius 2 is 1.53 bits per heavy atom. The molecule has 1 atom stereocenters. The van der Waals surface area contributed by atoms with Gasteiger partial charge in [-0.05, 0) is 20.8 Å². The number of hydrogen-bond donors (Lipinski definition) is 0. The van der Waals surface area contributed by atoms with Crippen LogP contribution >= 0.6 is 0 Å². The second-order valence-electron chi connectivity index (χ2n) is 9.17. The molecule has 15 heteroatoms. The first kappa shape index (κ1) is 28.2. The third kappa shape index (κ3) is 4.63. The van der Waals surface area contributed by atoms with Gasteiger partial charge in [0.2, 0.25) is 0 Å². The highest BCUT2D eigenvalue weighted by molar-refractivity contribution is 8.07. The van der Waals surface area contributed by atoms with Gasteiger partial charge in [-0.25, -0.2) is 4.79 Å². The van der Waals surface area contributed by atoms with Crippen LogP contribution in [0.1, 0.15) is 47.9 Å². The number of ketones is 3. The van der Waals surface area contributed by atoms with E-state index in [-0.39, 0.29) is 23.3 Å². The minimum absolute atomic E-state index is 0.0133. The lowest BCUT2D eigenvalue weighted by atomic mass is 9.82. The molecule has 0 radical (unpaired) electrons. The molecule has 0 bridgehead atoms. The number of carbonyl (C=O) groups is 4. The van der Waals surface area contributed by atoms with E-state index in [1.165, 1.54) is 31.2 Å². The summed E-state index contributed by atoms with van der Waals surface area (Å²) in [6, 6.07) is 5.61. The van der Waals surface area contributed by atoms with Crippen molar-refractivity contribution in [3.8, 4) is 0 Å². The zero-order valence-electron chi connectivity index (χ0n) is 20.5. The Labute approximate surface area is 218 Å². The number of fused-ring (bicyclic) bond motifs is 1. The van der Waals surface area contributed by atoms with Crippen LogP contribution in [0.4, 0.5) is 0 Å². The molecule has 4 rings (SSSR count). The summed E-state index contributed by atoms with van der Waals surface area (Å²) in [5.41, 5.74) is -1.03. The molecule has 206 valence electrons. The summed E-state index contributed by atoms with van der Waals surface area (Å²) in [6.45, 7) is 2.18. The van der Waals surface area contributed by atoms with Gasteiger partial charge in [-0.3, -0.25) is 22.7 Å². The zero-order valence-corrected chi connectivity index (χ0v) is 22.2. The first-order valence-corrected chi connectivity index (χ1v) is 14.1. The van der Waals surface area contributed by atoms with E-state index in [0.717, 1.165) is 0 Å². The van der Waals surface area contributed by atoms with E-state index < -0.39 is 91.3 Å². The summed E-state index contributed by atoms with van der Waals surface area (Å²) >= 11 is 0. The van der Waals surface area contributed by atoms with Crippen LogP contribution in [0.25, 0.3) is 0 Å². The molecule has 0 saturated carbocycles. The van der Waals surface area contributed by atoms with Crippen molar-refractivity contribution in [3.05, 3.63) is 46.5 Å². The van der Waals surface area contributed by atoms with Crippen molar-refractivity contribution in [2.75, 3.05) is 26.4 Å². The van der Waals surface area contributed by atoms with Gasteiger partial charge in [0, 0.05) is 28.7 Å². The lowest BCUT2D eigenvalue weighted by molar-refractivity contribution is -0.163. The molecule has 1 unspecified atom stereocenters. The van der Waals surface area contributed by atoms with Crippen LogP contribution in [-0.4, -0.2) is 82.6 Å². The lowest BCUT2D eigenvalue weighted by Crippen LogP contribution is -2.57. The predicted octanol–water partition coefficient (Wildman–Crippen LogP) is 0.439. The Bertz CT molecular complexity index is 1430. The van der Waals surface area contributed by atoms with Crippen molar-refractivity contribution in [2.45, 2.75) is 43.2 Å². The van der Waals surface area contributed by atoms with Gasteiger partial charge in [0.05, 0.1) is 19.8 Å². The summed E-state index contributed by atoms with van der Waals surface area (Å²) in [5.74, 6) is -6.52. The molecule has 2 saturated heterocycles. The number of hydrogen-bond acceptors (Lipinski definition) is 13. The van der Waals surface area contributed by atoms with E-state index in [0.29, 0.717) is 0 Å². The van der Waals surface area contributed by atoms with Gasteiger partial charge >= 0.3 is 5.97 Å². The van der Waals surface area contributed by atoms with Crippen molar-refractivity contribution >= 4 is 43.6 Å². The maximum absolute atomic E-state index is 13.5. The number of benzene rings is 1. The first-order valence-electron chi connectivity index (χ1n) is 11.3. The molecule has 0 aromatic heterocycles. The second kappa shape index (κ2) is 9.73.